The minimum Gasteiger partial charge on any atom is -0.456 e. The Morgan fingerprint density at radius 3 is 2.54 bits per heavy atom. The Morgan fingerprint density at radius 1 is 1.38 bits per heavy atom. The van der Waals surface area contributed by atoms with Gasteiger partial charge < -0.3 is 9.84 Å². The molecule has 2 rings (SSSR count). The monoisotopic (exact) mass is 366 g/mol. The molecule has 0 heterocycles. The van der Waals surface area contributed by atoms with E-state index < -0.39 is 34.6 Å². The van der Waals surface area contributed by atoms with Gasteiger partial charge in [0.1, 0.15) is 17.3 Å². The van der Waals surface area contributed by atoms with Crippen molar-refractivity contribution >= 4 is 11.8 Å². The van der Waals surface area contributed by atoms with Crippen molar-refractivity contribution in [2.75, 3.05) is 0 Å². The molecule has 0 aliphatic heterocycles. The molecule has 0 amide bonds. The van der Waals surface area contributed by atoms with Crippen molar-refractivity contribution in [2.24, 2.45) is 11.3 Å². The molecule has 6 nitrogen and oxygen atoms in total. The number of fused-ring (bicyclic) bond motifs is 1. The first kappa shape index (κ1) is 20.8. The lowest BCUT2D eigenvalue weighted by Gasteiger charge is -2.53. The van der Waals surface area contributed by atoms with Gasteiger partial charge in [-0.2, -0.15) is 0 Å². The van der Waals surface area contributed by atoms with Crippen molar-refractivity contribution in [3.63, 3.8) is 0 Å². The van der Waals surface area contributed by atoms with Gasteiger partial charge in [0, 0.05) is 23.5 Å². The lowest BCUT2D eigenvalue weighted by atomic mass is 9.54. The summed E-state index contributed by atoms with van der Waals surface area (Å²) in [5.41, 5.74) is -2.12. The third-order valence-electron chi connectivity index (χ3n) is 6.09. The van der Waals surface area contributed by atoms with Crippen molar-refractivity contribution in [1.82, 2.24) is 0 Å². The van der Waals surface area contributed by atoms with Crippen LogP contribution < -0.4 is 0 Å². The SMILES string of the molecule is C/C=C(/C)C(=O)O[C@@H]1CC[C@]2(C)CC(=O)C(C(C)(C)OO)=C[C@H]2[C@]1(C)O. The van der Waals surface area contributed by atoms with E-state index in [0.29, 0.717) is 24.0 Å². The number of esters is 1. The molecule has 4 atom stereocenters. The summed E-state index contributed by atoms with van der Waals surface area (Å²) in [6.45, 7) is 10.2. The molecule has 0 bridgehead atoms. The zero-order valence-corrected chi connectivity index (χ0v) is 16.5. The van der Waals surface area contributed by atoms with Crippen LogP contribution in [0.15, 0.2) is 23.3 Å². The van der Waals surface area contributed by atoms with Crippen LogP contribution in [0.25, 0.3) is 0 Å². The predicted octanol–water partition coefficient (Wildman–Crippen LogP) is 3.20. The number of carbonyl (C=O) groups is 2. The molecule has 2 aliphatic carbocycles. The van der Waals surface area contributed by atoms with Gasteiger partial charge in [-0.15, -0.1) is 0 Å². The fraction of sp³-hybridized carbons (Fsp3) is 0.700. The Kier molecular flexibility index (Phi) is 5.53. The lowest BCUT2D eigenvalue weighted by Crippen LogP contribution is -2.59. The van der Waals surface area contributed by atoms with Crippen LogP contribution in [0.3, 0.4) is 0 Å². The molecule has 0 saturated heterocycles. The van der Waals surface area contributed by atoms with Crippen LogP contribution in [-0.4, -0.2) is 39.4 Å². The summed E-state index contributed by atoms with van der Waals surface area (Å²) >= 11 is 0. The van der Waals surface area contributed by atoms with Gasteiger partial charge in [0.2, 0.25) is 0 Å². The number of ketones is 1. The lowest BCUT2D eigenvalue weighted by molar-refractivity contribution is -0.300. The van der Waals surface area contributed by atoms with E-state index in [0.717, 1.165) is 0 Å². The Labute approximate surface area is 154 Å². The van der Waals surface area contributed by atoms with E-state index in [4.69, 9.17) is 4.74 Å². The zero-order chi connectivity index (χ0) is 19.9. The summed E-state index contributed by atoms with van der Waals surface area (Å²) in [5, 5.41) is 20.5. The van der Waals surface area contributed by atoms with E-state index in [1.54, 1.807) is 46.8 Å². The molecule has 26 heavy (non-hydrogen) atoms. The molecule has 1 saturated carbocycles. The van der Waals surface area contributed by atoms with Gasteiger partial charge in [-0.1, -0.05) is 19.1 Å². The van der Waals surface area contributed by atoms with E-state index in [9.17, 15) is 20.0 Å². The average Bonchev–Trinajstić information content (AvgIpc) is 2.55. The molecule has 0 aromatic rings. The van der Waals surface area contributed by atoms with Crippen LogP contribution in [0.2, 0.25) is 0 Å². The molecule has 2 N–H and O–H groups in total. The number of hydrogen-bond acceptors (Lipinski definition) is 6. The normalized spacial score (nSPS) is 35.6. The molecule has 0 spiro atoms. The number of Topliss-reactive ketones (excluding diaryl/α,β-unsaturated/α-hetero) is 1. The van der Waals surface area contributed by atoms with Crippen LogP contribution in [0.1, 0.15) is 60.8 Å². The minimum atomic E-state index is -1.34. The highest BCUT2D eigenvalue weighted by atomic mass is 17.1. The highest BCUT2D eigenvalue weighted by Gasteiger charge is 2.57. The number of hydrogen-bond donors (Lipinski definition) is 2. The topological polar surface area (TPSA) is 93.1 Å². The van der Waals surface area contributed by atoms with Crippen LogP contribution in [0, 0.1) is 11.3 Å². The fourth-order valence-corrected chi connectivity index (χ4v) is 4.21. The smallest absolute Gasteiger partial charge is 0.333 e. The highest BCUT2D eigenvalue weighted by Crippen LogP contribution is 2.54. The fourth-order valence-electron chi connectivity index (χ4n) is 4.21. The van der Waals surface area contributed by atoms with Gasteiger partial charge in [0.25, 0.3) is 0 Å². The summed E-state index contributed by atoms with van der Waals surface area (Å²) in [4.78, 5) is 29.3. The molecule has 146 valence electrons. The molecule has 0 aromatic heterocycles. The number of carbonyl (C=O) groups excluding carboxylic acids is 2. The molecule has 2 aliphatic rings. The van der Waals surface area contributed by atoms with Gasteiger partial charge in [-0.05, 0) is 52.9 Å². The van der Waals surface area contributed by atoms with Crippen molar-refractivity contribution in [1.29, 1.82) is 0 Å². The minimum absolute atomic E-state index is 0.0983. The van der Waals surface area contributed by atoms with E-state index in [-0.39, 0.29) is 12.2 Å². The largest absolute Gasteiger partial charge is 0.456 e. The highest BCUT2D eigenvalue weighted by molar-refractivity contribution is 5.98. The molecular weight excluding hydrogens is 336 g/mol. The first-order chi connectivity index (χ1) is 11.9. The van der Waals surface area contributed by atoms with Crippen molar-refractivity contribution < 1.29 is 29.6 Å². The van der Waals surface area contributed by atoms with Gasteiger partial charge in [-0.3, -0.25) is 10.1 Å². The molecular formula is C20H30O6. The molecule has 0 aromatic carbocycles. The van der Waals surface area contributed by atoms with Crippen molar-refractivity contribution in [3.05, 3.63) is 23.3 Å². The summed E-state index contributed by atoms with van der Waals surface area (Å²) in [6.07, 6.45) is 4.08. The number of rotatable bonds is 4. The molecule has 6 heteroatoms. The maximum Gasteiger partial charge on any atom is 0.333 e. The van der Waals surface area contributed by atoms with Crippen LogP contribution >= 0.6 is 0 Å². The second-order valence-corrected chi connectivity index (χ2v) is 8.54. The summed E-state index contributed by atoms with van der Waals surface area (Å²) in [6, 6.07) is 0. The second kappa shape index (κ2) is 6.91. The van der Waals surface area contributed by atoms with Gasteiger partial charge >= 0.3 is 5.97 Å². The Hall–Kier alpha value is -1.50. The average molecular weight is 366 g/mol. The quantitative estimate of drug-likeness (QED) is 0.343. The number of aliphatic hydroxyl groups is 1. The zero-order valence-electron chi connectivity index (χ0n) is 16.5. The van der Waals surface area contributed by atoms with E-state index in [1.165, 1.54) is 0 Å². The first-order valence-electron chi connectivity index (χ1n) is 9.03. The summed E-state index contributed by atoms with van der Waals surface area (Å²) in [5.74, 6) is -0.954. The van der Waals surface area contributed by atoms with E-state index in [1.807, 2.05) is 6.92 Å². The van der Waals surface area contributed by atoms with E-state index in [2.05, 4.69) is 4.89 Å². The number of ether oxygens (including phenoxy) is 1. The number of allylic oxidation sites excluding steroid dienone is 1. The standard InChI is InChI=1S/C20H30O6/c1-7-12(2)17(22)25-16-8-9-19(5)11-14(21)13(18(3,4)26-24)10-15(19)20(16,6)23/h7,10,15-16,23-24H,8-9,11H2,1-6H3/b12-7-/t15-,16-,19-,20+/m1/s1. The molecule has 0 radical (unpaired) electrons. The third kappa shape index (κ3) is 3.50. The van der Waals surface area contributed by atoms with Crippen molar-refractivity contribution in [2.45, 2.75) is 78.1 Å². The summed E-state index contributed by atoms with van der Waals surface area (Å²) < 4.78 is 5.58. The maximum absolute atomic E-state index is 12.6. The second-order valence-electron chi connectivity index (χ2n) is 8.54. The maximum atomic E-state index is 12.6. The first-order valence-corrected chi connectivity index (χ1v) is 9.03. The van der Waals surface area contributed by atoms with Crippen molar-refractivity contribution in [3.8, 4) is 0 Å². The van der Waals surface area contributed by atoms with Crippen LogP contribution in [0.4, 0.5) is 0 Å². The van der Waals surface area contributed by atoms with Crippen LogP contribution in [0.5, 0.6) is 0 Å². The van der Waals surface area contributed by atoms with Crippen LogP contribution in [-0.2, 0) is 19.2 Å². The Bertz CT molecular complexity index is 657. The summed E-state index contributed by atoms with van der Waals surface area (Å²) in [7, 11) is 0. The predicted molar refractivity (Wildman–Crippen MR) is 96.3 cm³/mol. The Balaban J connectivity index is 2.41. The third-order valence-corrected chi connectivity index (χ3v) is 6.09. The molecule has 1 fully saturated rings. The van der Waals surface area contributed by atoms with Gasteiger partial charge in [0.05, 0.1) is 0 Å². The molecule has 0 unspecified atom stereocenters. The van der Waals surface area contributed by atoms with E-state index >= 15 is 0 Å². The Morgan fingerprint density at radius 2 is 2.00 bits per heavy atom. The van der Waals surface area contributed by atoms with Gasteiger partial charge in [-0.25, -0.2) is 9.68 Å². The van der Waals surface area contributed by atoms with Gasteiger partial charge in [0.15, 0.2) is 5.78 Å².